The molecule has 1 heterocycles. The third-order valence-electron chi connectivity index (χ3n) is 5.10. The molecule has 2 aromatic carbocycles. The van der Waals surface area contributed by atoms with E-state index in [1.807, 2.05) is 68.6 Å². The summed E-state index contributed by atoms with van der Waals surface area (Å²) in [6.45, 7) is 4.55. The monoisotopic (exact) mass is 358 g/mol. The fraction of sp³-hybridized carbons (Fsp3) is 0.318. The largest absolute Gasteiger partial charge is 0.394 e. The van der Waals surface area contributed by atoms with Crippen LogP contribution in [0.4, 0.5) is 13.2 Å². The number of alkyl halides is 3. The fourth-order valence-corrected chi connectivity index (χ4v) is 3.35. The van der Waals surface area contributed by atoms with E-state index in [0.717, 1.165) is 33.3 Å². The van der Waals surface area contributed by atoms with E-state index in [1.54, 1.807) is 0 Å². The molecule has 0 amide bonds. The summed E-state index contributed by atoms with van der Waals surface area (Å²) in [7, 11) is 1.96. The lowest BCUT2D eigenvalue weighted by molar-refractivity contribution is -0.633. The minimum Gasteiger partial charge on any atom is -0.194 e. The normalized spacial score (nSPS) is 12.6. The Morgan fingerprint density at radius 2 is 1.54 bits per heavy atom. The fourth-order valence-electron chi connectivity index (χ4n) is 3.35. The molecule has 0 aliphatic carbocycles. The van der Waals surface area contributed by atoms with E-state index in [9.17, 15) is 13.2 Å². The van der Waals surface area contributed by atoms with Crippen molar-refractivity contribution in [3.05, 3.63) is 65.7 Å². The van der Waals surface area contributed by atoms with Crippen LogP contribution in [0.25, 0.3) is 22.2 Å². The van der Waals surface area contributed by atoms with Crippen LogP contribution in [0.15, 0.2) is 54.6 Å². The first-order chi connectivity index (χ1) is 12.1. The molecule has 0 saturated carbocycles. The molecule has 0 spiro atoms. The maximum Gasteiger partial charge on any atom is 0.394 e. The lowest BCUT2D eigenvalue weighted by Gasteiger charge is -2.28. The Kier molecular flexibility index (Phi) is 4.55. The van der Waals surface area contributed by atoms with E-state index in [2.05, 4.69) is 4.57 Å². The molecule has 1 nitrogen and oxygen atoms in total. The van der Waals surface area contributed by atoms with Gasteiger partial charge < -0.3 is 0 Å². The standard InChI is InChI=1S/C22H23F3N/c1-15-9-5-6-10-17(15)20-13-16(14-21(2,3)22(23,24)25)18-11-7-8-12-19(18)26(20)4/h5-13H,14H2,1-4H3/q+1. The van der Waals surface area contributed by atoms with Gasteiger partial charge in [-0.25, -0.2) is 0 Å². The van der Waals surface area contributed by atoms with Crippen molar-refractivity contribution in [2.45, 2.75) is 33.4 Å². The second kappa shape index (κ2) is 6.42. The first-order valence-electron chi connectivity index (χ1n) is 8.65. The second-order valence-electron chi connectivity index (χ2n) is 7.50. The van der Waals surface area contributed by atoms with Crippen LogP contribution in [-0.2, 0) is 13.5 Å². The summed E-state index contributed by atoms with van der Waals surface area (Å²) in [6.07, 6.45) is -4.31. The predicted octanol–water partition coefficient (Wildman–Crippen LogP) is 5.77. The number of fused-ring (bicyclic) bond motifs is 1. The van der Waals surface area contributed by atoms with Gasteiger partial charge in [-0.05, 0) is 36.6 Å². The Morgan fingerprint density at radius 1 is 0.923 bits per heavy atom. The Hall–Kier alpha value is -2.36. The highest BCUT2D eigenvalue weighted by Crippen LogP contribution is 2.41. The number of aryl methyl sites for hydroxylation is 2. The van der Waals surface area contributed by atoms with Gasteiger partial charge in [-0.15, -0.1) is 0 Å². The van der Waals surface area contributed by atoms with Crippen molar-refractivity contribution in [2.24, 2.45) is 12.5 Å². The van der Waals surface area contributed by atoms with Crippen LogP contribution < -0.4 is 4.57 Å². The molecule has 0 radical (unpaired) electrons. The molecule has 1 aromatic heterocycles. The summed E-state index contributed by atoms with van der Waals surface area (Å²) in [5.74, 6) is 0. The molecular weight excluding hydrogens is 335 g/mol. The van der Waals surface area contributed by atoms with Gasteiger partial charge in [-0.3, -0.25) is 0 Å². The molecule has 136 valence electrons. The van der Waals surface area contributed by atoms with Crippen LogP contribution in [0, 0.1) is 12.3 Å². The number of hydrogen-bond donors (Lipinski definition) is 0. The second-order valence-corrected chi connectivity index (χ2v) is 7.50. The van der Waals surface area contributed by atoms with E-state index in [-0.39, 0.29) is 6.42 Å². The molecule has 0 saturated heterocycles. The average molecular weight is 358 g/mol. The van der Waals surface area contributed by atoms with Gasteiger partial charge in [0, 0.05) is 23.1 Å². The molecule has 0 atom stereocenters. The highest BCUT2D eigenvalue weighted by Gasteiger charge is 2.47. The zero-order chi connectivity index (χ0) is 19.1. The molecule has 3 rings (SSSR count). The summed E-state index contributed by atoms with van der Waals surface area (Å²) < 4.78 is 42.5. The molecule has 4 heteroatoms. The third-order valence-corrected chi connectivity index (χ3v) is 5.10. The average Bonchev–Trinajstić information content (AvgIpc) is 2.57. The number of benzene rings is 2. The molecule has 0 bridgehead atoms. The lowest BCUT2D eigenvalue weighted by atomic mass is 9.83. The highest BCUT2D eigenvalue weighted by molar-refractivity contribution is 5.82. The Morgan fingerprint density at radius 3 is 2.19 bits per heavy atom. The van der Waals surface area contributed by atoms with Crippen LogP contribution in [-0.4, -0.2) is 6.18 Å². The van der Waals surface area contributed by atoms with Crippen molar-refractivity contribution in [2.75, 3.05) is 0 Å². The van der Waals surface area contributed by atoms with Gasteiger partial charge in [0.25, 0.3) is 0 Å². The molecule has 26 heavy (non-hydrogen) atoms. The van der Waals surface area contributed by atoms with Crippen molar-refractivity contribution < 1.29 is 17.7 Å². The molecule has 0 unspecified atom stereocenters. The topological polar surface area (TPSA) is 3.88 Å². The highest BCUT2D eigenvalue weighted by atomic mass is 19.4. The molecule has 0 N–H and O–H groups in total. The third kappa shape index (κ3) is 3.20. The zero-order valence-corrected chi connectivity index (χ0v) is 15.5. The van der Waals surface area contributed by atoms with Crippen molar-refractivity contribution in [3.63, 3.8) is 0 Å². The van der Waals surface area contributed by atoms with Crippen LogP contribution >= 0.6 is 0 Å². The number of halogens is 3. The first kappa shape index (κ1) is 18.4. The van der Waals surface area contributed by atoms with Crippen LogP contribution in [0.5, 0.6) is 0 Å². The van der Waals surface area contributed by atoms with E-state index in [0.29, 0.717) is 0 Å². The summed E-state index contributed by atoms with van der Waals surface area (Å²) >= 11 is 0. The molecule has 0 fully saturated rings. The van der Waals surface area contributed by atoms with Gasteiger partial charge in [0.1, 0.15) is 7.05 Å². The number of rotatable bonds is 3. The smallest absolute Gasteiger partial charge is 0.194 e. The maximum atomic E-state index is 13.5. The number of para-hydroxylation sites is 1. The van der Waals surface area contributed by atoms with Crippen LogP contribution in [0.3, 0.4) is 0 Å². The summed E-state index contributed by atoms with van der Waals surface area (Å²) in [5, 5.41) is 0.865. The van der Waals surface area contributed by atoms with E-state index in [4.69, 9.17) is 0 Å². The Bertz CT molecular complexity index is 955. The van der Waals surface area contributed by atoms with Gasteiger partial charge in [-0.1, -0.05) is 44.2 Å². The van der Waals surface area contributed by atoms with E-state index in [1.165, 1.54) is 13.8 Å². The van der Waals surface area contributed by atoms with Crippen molar-refractivity contribution in [1.82, 2.24) is 0 Å². The van der Waals surface area contributed by atoms with Crippen LogP contribution in [0.2, 0.25) is 0 Å². The minimum absolute atomic E-state index is 0.0588. The van der Waals surface area contributed by atoms with Crippen molar-refractivity contribution in [1.29, 1.82) is 0 Å². The van der Waals surface area contributed by atoms with E-state index < -0.39 is 11.6 Å². The zero-order valence-electron chi connectivity index (χ0n) is 15.5. The minimum atomic E-state index is -4.26. The van der Waals surface area contributed by atoms with Crippen molar-refractivity contribution in [3.8, 4) is 11.3 Å². The van der Waals surface area contributed by atoms with E-state index >= 15 is 0 Å². The molecule has 0 aliphatic rings. The van der Waals surface area contributed by atoms with Crippen molar-refractivity contribution >= 4 is 10.9 Å². The Labute approximate surface area is 152 Å². The number of aromatic nitrogens is 1. The molecule has 3 aromatic rings. The Balaban J connectivity index is 2.27. The molecular formula is C22H23F3N+. The summed E-state index contributed by atoms with van der Waals surface area (Å²) in [5.41, 5.74) is 2.92. The quantitative estimate of drug-likeness (QED) is 0.523. The number of nitrogens with zero attached hydrogens (tertiary/aromatic N) is 1. The van der Waals surface area contributed by atoms with Crippen LogP contribution in [0.1, 0.15) is 25.0 Å². The van der Waals surface area contributed by atoms with Gasteiger partial charge in [-0.2, -0.15) is 17.7 Å². The number of hydrogen-bond acceptors (Lipinski definition) is 0. The molecule has 0 aliphatic heterocycles. The van der Waals surface area contributed by atoms with Gasteiger partial charge >= 0.3 is 6.18 Å². The lowest BCUT2D eigenvalue weighted by Crippen LogP contribution is -2.36. The van der Waals surface area contributed by atoms with Gasteiger partial charge in [0.05, 0.1) is 5.41 Å². The maximum absolute atomic E-state index is 13.5. The van der Waals surface area contributed by atoms with Gasteiger partial charge in [0.2, 0.25) is 11.2 Å². The first-order valence-corrected chi connectivity index (χ1v) is 8.65. The predicted molar refractivity (Wildman–Crippen MR) is 98.8 cm³/mol. The summed E-state index contributed by atoms with van der Waals surface area (Å²) in [6, 6.07) is 17.5. The SMILES string of the molecule is Cc1ccccc1-c1cc(CC(C)(C)C(F)(F)F)c2ccccc2[n+]1C. The van der Waals surface area contributed by atoms with Gasteiger partial charge in [0.15, 0.2) is 0 Å². The number of pyridine rings is 1. The summed E-state index contributed by atoms with van der Waals surface area (Å²) in [4.78, 5) is 0.